The fourth-order valence-electron chi connectivity index (χ4n) is 1.91. The number of nitrogens with two attached hydrogens (primary N) is 1. The van der Waals surface area contributed by atoms with Crippen molar-refractivity contribution in [3.8, 4) is 0 Å². The molecule has 21 heavy (non-hydrogen) atoms. The van der Waals surface area contributed by atoms with Gasteiger partial charge in [0, 0.05) is 13.6 Å². The Balaban J connectivity index is 2.44. The van der Waals surface area contributed by atoms with Gasteiger partial charge in [-0.2, -0.15) is 0 Å². The summed E-state index contributed by atoms with van der Waals surface area (Å²) in [5.41, 5.74) is 6.94. The molecule has 1 aromatic rings. The molecule has 5 nitrogen and oxygen atoms in total. The van der Waals surface area contributed by atoms with E-state index < -0.39 is 6.04 Å². The zero-order valence-corrected chi connectivity index (χ0v) is 13.0. The lowest BCUT2D eigenvalue weighted by Crippen LogP contribution is -2.47. The van der Waals surface area contributed by atoms with Crippen molar-refractivity contribution in [3.05, 3.63) is 35.9 Å². The zero-order valence-electron chi connectivity index (χ0n) is 13.0. The van der Waals surface area contributed by atoms with Crippen LogP contribution in [0, 0.1) is 5.92 Å². The molecule has 0 fully saturated rings. The van der Waals surface area contributed by atoms with Gasteiger partial charge in [-0.15, -0.1) is 0 Å². The van der Waals surface area contributed by atoms with Crippen molar-refractivity contribution in [2.24, 2.45) is 11.7 Å². The first-order chi connectivity index (χ1) is 9.90. The molecule has 3 N–H and O–H groups in total. The molecule has 5 heteroatoms. The van der Waals surface area contributed by atoms with Gasteiger partial charge in [0.25, 0.3) is 0 Å². The molecule has 0 aliphatic heterocycles. The molecule has 0 bridgehead atoms. The molecule has 0 saturated carbocycles. The molecule has 0 saturated heterocycles. The fourth-order valence-corrected chi connectivity index (χ4v) is 1.91. The summed E-state index contributed by atoms with van der Waals surface area (Å²) in [6, 6.07) is 8.98. The molecular weight excluding hydrogens is 266 g/mol. The van der Waals surface area contributed by atoms with Crippen LogP contribution in [-0.2, 0) is 16.0 Å². The second-order valence-electron chi connectivity index (χ2n) is 5.69. The van der Waals surface area contributed by atoms with Crippen LogP contribution in [0.3, 0.4) is 0 Å². The van der Waals surface area contributed by atoms with Gasteiger partial charge in [-0.25, -0.2) is 0 Å². The molecule has 0 radical (unpaired) electrons. The first-order valence-electron chi connectivity index (χ1n) is 7.21. The molecule has 0 aromatic heterocycles. The van der Waals surface area contributed by atoms with Gasteiger partial charge < -0.3 is 16.0 Å². The number of carbonyl (C=O) groups is 2. The number of hydrogen-bond acceptors (Lipinski definition) is 3. The molecule has 1 atom stereocenters. The van der Waals surface area contributed by atoms with E-state index in [9.17, 15) is 9.59 Å². The highest BCUT2D eigenvalue weighted by atomic mass is 16.2. The highest BCUT2D eigenvalue weighted by Gasteiger charge is 2.20. The maximum absolute atomic E-state index is 12.1. The number of amides is 2. The quantitative estimate of drug-likeness (QED) is 0.780. The van der Waals surface area contributed by atoms with E-state index in [4.69, 9.17) is 5.73 Å². The molecule has 116 valence electrons. The molecule has 0 aliphatic rings. The third-order valence-electron chi connectivity index (χ3n) is 3.08. The van der Waals surface area contributed by atoms with Crippen LogP contribution in [0.15, 0.2) is 30.3 Å². The number of rotatable bonds is 7. The van der Waals surface area contributed by atoms with Crippen molar-refractivity contribution in [2.45, 2.75) is 26.3 Å². The van der Waals surface area contributed by atoms with E-state index in [1.165, 1.54) is 4.90 Å². The monoisotopic (exact) mass is 291 g/mol. The van der Waals surface area contributed by atoms with Gasteiger partial charge in [-0.3, -0.25) is 9.59 Å². The second-order valence-corrected chi connectivity index (χ2v) is 5.69. The summed E-state index contributed by atoms with van der Waals surface area (Å²) in [5.74, 6) is 0.000284. The Labute approximate surface area is 126 Å². The van der Waals surface area contributed by atoms with Crippen molar-refractivity contribution >= 4 is 11.8 Å². The Morgan fingerprint density at radius 3 is 2.43 bits per heavy atom. The number of carbonyl (C=O) groups excluding carboxylic acids is 2. The smallest absolute Gasteiger partial charge is 0.240 e. The largest absolute Gasteiger partial charge is 0.354 e. The number of nitrogens with zero attached hydrogens (tertiary/aromatic N) is 1. The zero-order chi connectivity index (χ0) is 15.8. The molecule has 1 aromatic carbocycles. The number of benzene rings is 1. The lowest BCUT2D eigenvalue weighted by molar-refractivity contribution is -0.135. The topological polar surface area (TPSA) is 75.4 Å². The standard InChI is InChI=1S/C16H25N3O2/c1-12(2)10-18-15(20)11-19(3)16(21)14(17)9-13-7-5-4-6-8-13/h4-8,12,14H,9-11,17H2,1-3H3,(H,18,20)/t14-/m1/s1. The average Bonchev–Trinajstić information content (AvgIpc) is 2.45. The van der Waals surface area contributed by atoms with Crippen molar-refractivity contribution in [2.75, 3.05) is 20.1 Å². The highest BCUT2D eigenvalue weighted by Crippen LogP contribution is 2.03. The summed E-state index contributed by atoms with van der Waals surface area (Å²) < 4.78 is 0. The van der Waals surface area contributed by atoms with Crippen molar-refractivity contribution in [1.82, 2.24) is 10.2 Å². The number of nitrogens with one attached hydrogen (secondary N) is 1. The van der Waals surface area contributed by atoms with Gasteiger partial charge in [0.05, 0.1) is 12.6 Å². The van der Waals surface area contributed by atoms with E-state index in [2.05, 4.69) is 5.32 Å². The van der Waals surface area contributed by atoms with Crippen LogP contribution < -0.4 is 11.1 Å². The summed E-state index contributed by atoms with van der Waals surface area (Å²) in [4.78, 5) is 25.2. The lowest BCUT2D eigenvalue weighted by Gasteiger charge is -2.21. The minimum atomic E-state index is -0.629. The summed E-state index contributed by atoms with van der Waals surface area (Å²) in [6.07, 6.45) is 0.470. The van der Waals surface area contributed by atoms with Gasteiger partial charge in [0.15, 0.2) is 0 Å². The van der Waals surface area contributed by atoms with Gasteiger partial charge >= 0.3 is 0 Å². The lowest BCUT2D eigenvalue weighted by atomic mass is 10.1. The summed E-state index contributed by atoms with van der Waals surface area (Å²) in [5, 5.41) is 2.78. The van der Waals surface area contributed by atoms with Crippen LogP contribution in [0.25, 0.3) is 0 Å². The molecular formula is C16H25N3O2. The van der Waals surface area contributed by atoms with Gasteiger partial charge in [-0.05, 0) is 17.9 Å². The summed E-state index contributed by atoms with van der Waals surface area (Å²) >= 11 is 0. The van der Waals surface area contributed by atoms with Crippen LogP contribution >= 0.6 is 0 Å². The molecule has 0 heterocycles. The predicted molar refractivity (Wildman–Crippen MR) is 83.6 cm³/mol. The third kappa shape index (κ3) is 6.40. The molecule has 0 aliphatic carbocycles. The number of likely N-dealkylation sites (N-methyl/N-ethyl adjacent to an activating group) is 1. The van der Waals surface area contributed by atoms with E-state index in [0.717, 1.165) is 5.56 Å². The van der Waals surface area contributed by atoms with Crippen molar-refractivity contribution < 1.29 is 9.59 Å². The Bertz CT molecular complexity index is 460. The van der Waals surface area contributed by atoms with E-state index in [-0.39, 0.29) is 18.4 Å². The van der Waals surface area contributed by atoms with Crippen LogP contribution in [0.2, 0.25) is 0 Å². The fraction of sp³-hybridized carbons (Fsp3) is 0.500. The predicted octanol–water partition coefficient (Wildman–Crippen LogP) is 0.787. The maximum Gasteiger partial charge on any atom is 0.240 e. The molecule has 2 amide bonds. The minimum absolute atomic E-state index is 0.0358. The van der Waals surface area contributed by atoms with Crippen LogP contribution in [0.4, 0.5) is 0 Å². The summed E-state index contributed by atoms with van der Waals surface area (Å²) in [6.45, 7) is 4.68. The van der Waals surface area contributed by atoms with Crippen LogP contribution in [-0.4, -0.2) is 42.9 Å². The van der Waals surface area contributed by atoms with Gasteiger partial charge in [0.1, 0.15) is 0 Å². The van der Waals surface area contributed by atoms with Gasteiger partial charge in [-0.1, -0.05) is 44.2 Å². The van der Waals surface area contributed by atoms with Crippen molar-refractivity contribution in [3.63, 3.8) is 0 Å². The Kier molecular flexibility index (Phi) is 6.88. The molecule has 0 unspecified atom stereocenters. The third-order valence-corrected chi connectivity index (χ3v) is 3.08. The molecule has 1 rings (SSSR count). The average molecular weight is 291 g/mol. The first kappa shape index (κ1) is 17.2. The van der Waals surface area contributed by atoms with E-state index >= 15 is 0 Å². The Morgan fingerprint density at radius 1 is 1.24 bits per heavy atom. The maximum atomic E-state index is 12.1. The van der Waals surface area contributed by atoms with Crippen LogP contribution in [0.5, 0.6) is 0 Å². The second kappa shape index (κ2) is 8.42. The van der Waals surface area contributed by atoms with Crippen LogP contribution in [0.1, 0.15) is 19.4 Å². The Hall–Kier alpha value is -1.88. The SMILES string of the molecule is CC(C)CNC(=O)CN(C)C(=O)[C@H](N)Cc1ccccc1. The van der Waals surface area contributed by atoms with E-state index in [0.29, 0.717) is 18.9 Å². The summed E-state index contributed by atoms with van der Waals surface area (Å²) in [7, 11) is 1.60. The van der Waals surface area contributed by atoms with Gasteiger partial charge in [0.2, 0.25) is 11.8 Å². The molecule has 0 spiro atoms. The highest BCUT2D eigenvalue weighted by molar-refractivity contribution is 5.87. The minimum Gasteiger partial charge on any atom is -0.354 e. The first-order valence-corrected chi connectivity index (χ1v) is 7.21. The Morgan fingerprint density at radius 2 is 1.86 bits per heavy atom. The van der Waals surface area contributed by atoms with Crippen molar-refractivity contribution in [1.29, 1.82) is 0 Å². The van der Waals surface area contributed by atoms with E-state index in [1.807, 2.05) is 44.2 Å². The number of hydrogen-bond donors (Lipinski definition) is 2. The normalized spacial score (nSPS) is 12.0. The van der Waals surface area contributed by atoms with E-state index in [1.54, 1.807) is 7.05 Å².